The molecular formula is C10H18. The molecule has 1 atom stereocenters. The van der Waals surface area contributed by atoms with Gasteiger partial charge in [0.15, 0.2) is 0 Å². The van der Waals surface area contributed by atoms with Crippen LogP contribution in [0.1, 0.15) is 46.0 Å². The lowest BCUT2D eigenvalue weighted by molar-refractivity contribution is 0.509. The molecule has 0 radical (unpaired) electrons. The smallest absolute Gasteiger partial charge is 0.0233 e. The fourth-order valence-corrected chi connectivity index (χ4v) is 1.71. The molecule has 10 heavy (non-hydrogen) atoms. The molecule has 1 unspecified atom stereocenters. The minimum absolute atomic E-state index is 0.906. The van der Waals surface area contributed by atoms with Gasteiger partial charge in [0, 0.05) is 0 Å². The Hall–Kier alpha value is -0.260. The van der Waals surface area contributed by atoms with Crippen molar-refractivity contribution >= 4 is 0 Å². The molecule has 1 rings (SSSR count). The zero-order valence-electron chi connectivity index (χ0n) is 7.19. The number of rotatable bonds is 2. The Bertz CT molecular complexity index is 122. The maximum absolute atomic E-state index is 2.50. The summed E-state index contributed by atoms with van der Waals surface area (Å²) in [5, 5.41) is 0. The largest absolute Gasteiger partial charge is 0.0822 e. The van der Waals surface area contributed by atoms with Crippen LogP contribution in [0.5, 0.6) is 0 Å². The molecule has 0 aromatic heterocycles. The predicted molar refractivity (Wildman–Crippen MR) is 46.0 cm³/mol. The quantitative estimate of drug-likeness (QED) is 0.512. The highest BCUT2D eigenvalue weighted by atomic mass is 14.1. The summed E-state index contributed by atoms with van der Waals surface area (Å²) in [7, 11) is 0. The van der Waals surface area contributed by atoms with E-state index >= 15 is 0 Å². The van der Waals surface area contributed by atoms with Gasteiger partial charge >= 0.3 is 0 Å². The van der Waals surface area contributed by atoms with Crippen LogP contribution in [-0.4, -0.2) is 0 Å². The van der Waals surface area contributed by atoms with Crippen LogP contribution in [0.15, 0.2) is 11.6 Å². The van der Waals surface area contributed by atoms with Gasteiger partial charge in [0.25, 0.3) is 0 Å². The van der Waals surface area contributed by atoms with Crippen LogP contribution in [0.3, 0.4) is 0 Å². The van der Waals surface area contributed by atoms with Crippen LogP contribution in [0.2, 0.25) is 0 Å². The lowest BCUT2D eigenvalue weighted by atomic mass is 9.88. The summed E-state index contributed by atoms with van der Waals surface area (Å²) in [6.45, 7) is 4.56. The first kappa shape index (κ1) is 7.84. The third kappa shape index (κ3) is 1.86. The lowest BCUT2D eigenvalue weighted by Crippen LogP contribution is -2.02. The molecule has 0 spiro atoms. The second-order valence-corrected chi connectivity index (χ2v) is 3.24. The minimum Gasteiger partial charge on any atom is -0.0822 e. The Balaban J connectivity index is 2.48. The highest BCUT2D eigenvalue weighted by molar-refractivity contribution is 5.06. The van der Waals surface area contributed by atoms with Crippen LogP contribution >= 0.6 is 0 Å². The SMILES string of the molecule is CCC1=CC(CC)CCC1. The molecule has 0 bridgehead atoms. The van der Waals surface area contributed by atoms with Crippen molar-refractivity contribution in [2.24, 2.45) is 5.92 Å². The van der Waals surface area contributed by atoms with Gasteiger partial charge in [-0.1, -0.05) is 25.5 Å². The number of hydrogen-bond donors (Lipinski definition) is 0. The lowest BCUT2D eigenvalue weighted by Gasteiger charge is -2.18. The van der Waals surface area contributed by atoms with E-state index in [1.807, 2.05) is 0 Å². The molecule has 0 aromatic rings. The molecule has 0 saturated carbocycles. The van der Waals surface area contributed by atoms with Gasteiger partial charge in [-0.3, -0.25) is 0 Å². The topological polar surface area (TPSA) is 0 Å². The van der Waals surface area contributed by atoms with Crippen LogP contribution in [0.4, 0.5) is 0 Å². The average molecular weight is 138 g/mol. The molecule has 0 amide bonds. The van der Waals surface area contributed by atoms with Crippen molar-refractivity contribution in [3.63, 3.8) is 0 Å². The Morgan fingerprint density at radius 3 is 2.90 bits per heavy atom. The Kier molecular flexibility index (Phi) is 2.98. The Morgan fingerprint density at radius 1 is 1.50 bits per heavy atom. The van der Waals surface area contributed by atoms with Gasteiger partial charge in [-0.2, -0.15) is 0 Å². The fourth-order valence-electron chi connectivity index (χ4n) is 1.71. The third-order valence-corrected chi connectivity index (χ3v) is 2.52. The van der Waals surface area contributed by atoms with Gasteiger partial charge < -0.3 is 0 Å². The first-order chi connectivity index (χ1) is 4.86. The van der Waals surface area contributed by atoms with E-state index < -0.39 is 0 Å². The maximum Gasteiger partial charge on any atom is -0.0233 e. The van der Waals surface area contributed by atoms with Crippen LogP contribution in [0, 0.1) is 5.92 Å². The van der Waals surface area contributed by atoms with E-state index in [1.54, 1.807) is 5.57 Å². The van der Waals surface area contributed by atoms with Crippen molar-refractivity contribution in [3.8, 4) is 0 Å². The molecule has 0 N–H and O–H groups in total. The summed E-state index contributed by atoms with van der Waals surface area (Å²) >= 11 is 0. The molecule has 0 fully saturated rings. The van der Waals surface area contributed by atoms with Crippen LogP contribution in [0.25, 0.3) is 0 Å². The van der Waals surface area contributed by atoms with E-state index in [4.69, 9.17) is 0 Å². The summed E-state index contributed by atoms with van der Waals surface area (Å²) < 4.78 is 0. The van der Waals surface area contributed by atoms with Gasteiger partial charge in [-0.25, -0.2) is 0 Å². The van der Waals surface area contributed by atoms with Gasteiger partial charge in [0.1, 0.15) is 0 Å². The van der Waals surface area contributed by atoms with Crippen LogP contribution in [-0.2, 0) is 0 Å². The van der Waals surface area contributed by atoms with E-state index in [1.165, 1.54) is 32.1 Å². The van der Waals surface area contributed by atoms with Crippen molar-refractivity contribution in [3.05, 3.63) is 11.6 Å². The summed E-state index contributed by atoms with van der Waals surface area (Å²) in [6.07, 6.45) is 9.34. The van der Waals surface area contributed by atoms with E-state index in [0.717, 1.165) is 5.92 Å². The van der Waals surface area contributed by atoms with E-state index in [-0.39, 0.29) is 0 Å². The summed E-state index contributed by atoms with van der Waals surface area (Å²) in [6, 6.07) is 0. The second kappa shape index (κ2) is 3.80. The molecule has 0 heteroatoms. The normalized spacial score (nSPS) is 26.2. The van der Waals surface area contributed by atoms with Crippen molar-refractivity contribution in [2.45, 2.75) is 46.0 Å². The zero-order valence-corrected chi connectivity index (χ0v) is 7.19. The first-order valence-corrected chi connectivity index (χ1v) is 4.56. The maximum atomic E-state index is 2.50. The van der Waals surface area contributed by atoms with Crippen LogP contribution < -0.4 is 0 Å². The highest BCUT2D eigenvalue weighted by Gasteiger charge is 2.09. The van der Waals surface area contributed by atoms with Gasteiger partial charge in [0.2, 0.25) is 0 Å². The van der Waals surface area contributed by atoms with E-state index in [2.05, 4.69) is 19.9 Å². The standard InChI is InChI=1S/C10H18/c1-3-9-6-5-7-10(4-2)8-9/h8-9H,3-7H2,1-2H3. The molecular weight excluding hydrogens is 120 g/mol. The van der Waals surface area contributed by atoms with E-state index in [9.17, 15) is 0 Å². The first-order valence-electron chi connectivity index (χ1n) is 4.56. The van der Waals surface area contributed by atoms with E-state index in [0.29, 0.717) is 0 Å². The molecule has 0 nitrogen and oxygen atoms in total. The van der Waals surface area contributed by atoms with Crippen molar-refractivity contribution in [1.29, 1.82) is 0 Å². The summed E-state index contributed by atoms with van der Waals surface area (Å²) in [5.74, 6) is 0.906. The molecule has 1 aliphatic carbocycles. The van der Waals surface area contributed by atoms with Crippen molar-refractivity contribution in [2.75, 3.05) is 0 Å². The zero-order chi connectivity index (χ0) is 7.40. The second-order valence-electron chi connectivity index (χ2n) is 3.24. The molecule has 58 valence electrons. The monoisotopic (exact) mass is 138 g/mol. The molecule has 0 aliphatic heterocycles. The van der Waals surface area contributed by atoms with Crippen molar-refractivity contribution in [1.82, 2.24) is 0 Å². The van der Waals surface area contributed by atoms with Gasteiger partial charge in [-0.05, 0) is 38.0 Å². The fraction of sp³-hybridized carbons (Fsp3) is 0.800. The number of hydrogen-bond acceptors (Lipinski definition) is 0. The highest BCUT2D eigenvalue weighted by Crippen LogP contribution is 2.26. The summed E-state index contributed by atoms with van der Waals surface area (Å²) in [4.78, 5) is 0. The molecule has 0 aromatic carbocycles. The van der Waals surface area contributed by atoms with Gasteiger partial charge in [0.05, 0.1) is 0 Å². The van der Waals surface area contributed by atoms with Gasteiger partial charge in [-0.15, -0.1) is 0 Å². The summed E-state index contributed by atoms with van der Waals surface area (Å²) in [5.41, 5.74) is 1.69. The minimum atomic E-state index is 0.906. The third-order valence-electron chi connectivity index (χ3n) is 2.52. The predicted octanol–water partition coefficient (Wildman–Crippen LogP) is 3.53. The Labute approximate surface area is 64.3 Å². The Morgan fingerprint density at radius 2 is 2.30 bits per heavy atom. The average Bonchev–Trinajstić information content (AvgIpc) is 2.05. The van der Waals surface area contributed by atoms with Crippen molar-refractivity contribution < 1.29 is 0 Å². The molecule has 1 aliphatic rings. The number of allylic oxidation sites excluding steroid dienone is 2. The molecule has 0 heterocycles. The molecule has 0 saturated heterocycles.